The van der Waals surface area contributed by atoms with Crippen molar-refractivity contribution in [1.29, 1.82) is 0 Å². The Bertz CT molecular complexity index is 537. The summed E-state index contributed by atoms with van der Waals surface area (Å²) in [6.45, 7) is 12.9. The second-order valence-electron chi connectivity index (χ2n) is 6.69. The summed E-state index contributed by atoms with van der Waals surface area (Å²) in [4.78, 5) is 2.32. The molecule has 10 heteroatoms. The second kappa shape index (κ2) is 16.8. The summed E-state index contributed by atoms with van der Waals surface area (Å²) >= 11 is 16.2. The lowest BCUT2D eigenvalue weighted by atomic mass is 9.91. The zero-order valence-electron chi connectivity index (χ0n) is 18.6. The fourth-order valence-corrected chi connectivity index (χ4v) is 10.4. The molecule has 0 aromatic heterocycles. The molecule has 0 radical (unpaired) electrons. The van der Waals surface area contributed by atoms with Crippen LogP contribution in [0.4, 0.5) is 0 Å². The molecule has 0 bridgehead atoms. The molecule has 1 aliphatic carbocycles. The predicted octanol–water partition coefficient (Wildman–Crippen LogP) is 6.95. The Morgan fingerprint density at radius 3 is 2.40 bits per heavy atom. The monoisotopic (exact) mass is 531 g/mol. The normalized spacial score (nSPS) is 18.2. The minimum atomic E-state index is -2.02. The summed E-state index contributed by atoms with van der Waals surface area (Å²) < 4.78 is 18.0. The van der Waals surface area contributed by atoms with Crippen LogP contribution in [0.25, 0.3) is 0 Å². The summed E-state index contributed by atoms with van der Waals surface area (Å²) in [5.74, 6) is 4.20. The Morgan fingerprint density at radius 2 is 1.83 bits per heavy atom. The lowest BCUT2D eigenvalue weighted by Crippen LogP contribution is -2.48. The Labute approximate surface area is 207 Å². The van der Waals surface area contributed by atoms with Gasteiger partial charge in [0.2, 0.25) is 5.69 Å². The largest absolute Gasteiger partial charge is 0.354 e. The molecule has 2 fully saturated rings. The Morgan fingerprint density at radius 1 is 1.17 bits per heavy atom. The molecule has 1 heterocycles. The van der Waals surface area contributed by atoms with Crippen LogP contribution < -0.4 is 0 Å². The fraction of sp³-hybridized carbons (Fsp3) is 0.850. The first-order valence-electron chi connectivity index (χ1n) is 10.8. The Hall–Kier alpha value is 1.21. The summed E-state index contributed by atoms with van der Waals surface area (Å²) in [5, 5.41) is 0. The van der Waals surface area contributed by atoms with Crippen molar-refractivity contribution in [2.45, 2.75) is 58.6 Å². The van der Waals surface area contributed by atoms with Gasteiger partial charge in [0.15, 0.2) is 0 Å². The molecular formula is C20H38NO3PS5. The molecule has 4 nitrogen and oxygen atoms in total. The molecule has 2 rings (SSSR count). The van der Waals surface area contributed by atoms with Gasteiger partial charge in [0.1, 0.15) is 10.0 Å². The lowest BCUT2D eigenvalue weighted by molar-refractivity contribution is -0.0792. The van der Waals surface area contributed by atoms with Crippen molar-refractivity contribution in [2.24, 2.45) is 0 Å². The van der Waals surface area contributed by atoms with Gasteiger partial charge in [0, 0.05) is 23.8 Å². The van der Waals surface area contributed by atoms with Crippen LogP contribution in [0, 0.1) is 0 Å². The van der Waals surface area contributed by atoms with E-state index in [1.54, 1.807) is 23.1 Å². The standard InChI is InChI=1S/C12H19NOS2.C8H19O2PS3/c1-2-10-16-11(15)13-8-9-14-12(13)6-4-3-5-7-12;1-4-9-11(12,10-5-2)14-8-7-13-6-3/h2H,1,3-10H2;4-8H2,1-3H3. The molecule has 0 amide bonds. The van der Waals surface area contributed by atoms with Crippen LogP contribution in [-0.2, 0) is 25.6 Å². The zero-order valence-corrected chi connectivity index (χ0v) is 23.6. The zero-order chi connectivity index (χ0) is 22.3. The molecule has 30 heavy (non-hydrogen) atoms. The van der Waals surface area contributed by atoms with Crippen molar-refractivity contribution in [3.8, 4) is 0 Å². The van der Waals surface area contributed by atoms with Crippen LogP contribution in [0.15, 0.2) is 12.7 Å². The molecule has 1 aliphatic heterocycles. The maximum absolute atomic E-state index is 5.99. The quantitative estimate of drug-likeness (QED) is 0.122. The van der Waals surface area contributed by atoms with Crippen LogP contribution in [0.5, 0.6) is 0 Å². The van der Waals surface area contributed by atoms with Gasteiger partial charge < -0.3 is 18.7 Å². The van der Waals surface area contributed by atoms with Crippen molar-refractivity contribution in [2.75, 3.05) is 49.4 Å². The number of rotatable bonds is 11. The van der Waals surface area contributed by atoms with Gasteiger partial charge in [-0.15, -0.1) is 6.58 Å². The van der Waals surface area contributed by atoms with Gasteiger partial charge in [0.05, 0.1) is 19.8 Å². The molecule has 0 atom stereocenters. The van der Waals surface area contributed by atoms with Crippen LogP contribution >= 0.6 is 52.8 Å². The number of hydrogen-bond acceptors (Lipinski definition) is 8. The maximum atomic E-state index is 5.99. The van der Waals surface area contributed by atoms with Crippen molar-refractivity contribution in [3.05, 3.63) is 12.7 Å². The molecular weight excluding hydrogens is 494 g/mol. The highest BCUT2D eigenvalue weighted by atomic mass is 32.9. The third-order valence-electron chi connectivity index (χ3n) is 4.61. The molecule has 0 aromatic rings. The third-order valence-corrected chi connectivity index (χ3v) is 12.8. The molecule has 1 saturated heterocycles. The van der Waals surface area contributed by atoms with E-state index in [0.717, 1.165) is 53.3 Å². The molecule has 1 saturated carbocycles. The topological polar surface area (TPSA) is 30.9 Å². The minimum absolute atomic E-state index is 0.0521. The lowest BCUT2D eigenvalue weighted by Gasteiger charge is -2.41. The van der Waals surface area contributed by atoms with Crippen LogP contribution in [-0.4, -0.2) is 64.3 Å². The number of ether oxygens (including phenoxy) is 1. The van der Waals surface area contributed by atoms with Crippen LogP contribution in [0.2, 0.25) is 0 Å². The molecule has 176 valence electrons. The third kappa shape index (κ3) is 10.4. The van der Waals surface area contributed by atoms with E-state index >= 15 is 0 Å². The molecule has 1 spiro atoms. The summed E-state index contributed by atoms with van der Waals surface area (Å²) in [6, 6.07) is 0. The number of hydrogen-bond donors (Lipinski definition) is 0. The van der Waals surface area contributed by atoms with E-state index in [1.807, 2.05) is 31.7 Å². The number of thiocarbonyl (C=S) groups is 1. The van der Waals surface area contributed by atoms with Crippen molar-refractivity contribution < 1.29 is 13.8 Å². The van der Waals surface area contributed by atoms with Crippen molar-refractivity contribution in [1.82, 2.24) is 4.90 Å². The second-order valence-corrected chi connectivity index (χ2v) is 16.2. The minimum Gasteiger partial charge on any atom is -0.354 e. The number of thioether (sulfide) groups is 2. The van der Waals surface area contributed by atoms with E-state index in [2.05, 4.69) is 18.4 Å². The average Bonchev–Trinajstić information content (AvgIpc) is 3.13. The van der Waals surface area contributed by atoms with Gasteiger partial charge in [-0.1, -0.05) is 54.8 Å². The van der Waals surface area contributed by atoms with E-state index in [9.17, 15) is 0 Å². The van der Waals surface area contributed by atoms with Crippen molar-refractivity contribution in [3.63, 3.8) is 0 Å². The van der Waals surface area contributed by atoms with Gasteiger partial charge >= 0.3 is 0 Å². The Balaban J connectivity index is 0.000000304. The summed E-state index contributed by atoms with van der Waals surface area (Å²) in [5.41, 5.74) is -2.07. The van der Waals surface area contributed by atoms with E-state index < -0.39 is 5.69 Å². The first kappa shape index (κ1) is 29.2. The van der Waals surface area contributed by atoms with Gasteiger partial charge in [-0.3, -0.25) is 0 Å². The molecule has 0 N–H and O–H groups in total. The van der Waals surface area contributed by atoms with E-state index in [-0.39, 0.29) is 5.72 Å². The fourth-order valence-electron chi connectivity index (χ4n) is 3.37. The van der Waals surface area contributed by atoms with Gasteiger partial charge in [-0.25, -0.2) is 0 Å². The van der Waals surface area contributed by atoms with E-state index in [0.29, 0.717) is 13.2 Å². The van der Waals surface area contributed by atoms with E-state index in [4.69, 9.17) is 37.8 Å². The predicted molar refractivity (Wildman–Crippen MR) is 147 cm³/mol. The van der Waals surface area contributed by atoms with Crippen LogP contribution in [0.3, 0.4) is 0 Å². The highest BCUT2D eigenvalue weighted by Crippen LogP contribution is 2.60. The highest BCUT2D eigenvalue weighted by molar-refractivity contribution is 8.68. The summed E-state index contributed by atoms with van der Waals surface area (Å²) in [6.07, 6.45) is 8.06. The first-order valence-corrected chi connectivity index (χ1v) is 17.5. The average molecular weight is 532 g/mol. The van der Waals surface area contributed by atoms with Crippen LogP contribution in [0.1, 0.15) is 52.9 Å². The molecule has 0 unspecified atom stereocenters. The smallest absolute Gasteiger partial charge is 0.247 e. The molecule has 0 aromatic carbocycles. The molecule has 2 aliphatic rings. The van der Waals surface area contributed by atoms with Gasteiger partial charge in [-0.2, -0.15) is 11.8 Å². The van der Waals surface area contributed by atoms with Crippen molar-refractivity contribution >= 4 is 68.9 Å². The van der Waals surface area contributed by atoms with E-state index in [1.165, 1.54) is 19.3 Å². The maximum Gasteiger partial charge on any atom is 0.247 e. The number of nitrogens with zero attached hydrogens (tertiary/aromatic N) is 1. The summed E-state index contributed by atoms with van der Waals surface area (Å²) in [7, 11) is 0. The SMILES string of the molecule is C=CCSC(=S)N1CCOC12CCCCC2.CCOP(=S)(OCC)SCCSCC. The van der Waals surface area contributed by atoms with Gasteiger partial charge in [0.25, 0.3) is 0 Å². The highest BCUT2D eigenvalue weighted by Gasteiger charge is 2.44. The van der Waals surface area contributed by atoms with Gasteiger partial charge in [-0.05, 0) is 57.1 Å². The Kier molecular flexibility index (Phi) is 16.3. The first-order chi connectivity index (χ1) is 14.5.